The third kappa shape index (κ3) is 4.64. The molecular weight excluding hydrogens is 655 g/mol. The van der Waals surface area contributed by atoms with Gasteiger partial charge in [0.2, 0.25) is 0 Å². The fourth-order valence-electron chi connectivity index (χ4n) is 6.13. The number of halogens is 6. The van der Waals surface area contributed by atoms with Gasteiger partial charge in [-0.15, -0.1) is 22.7 Å². The summed E-state index contributed by atoms with van der Waals surface area (Å²) in [4.78, 5) is 0. The molecule has 0 saturated carbocycles. The molecule has 4 heterocycles. The topological polar surface area (TPSA) is 35.6 Å². The summed E-state index contributed by atoms with van der Waals surface area (Å²) in [6.45, 7) is 3.94. The Bertz CT molecular complexity index is 2320. The molecule has 8 aromatic rings. The summed E-state index contributed by atoms with van der Waals surface area (Å²) in [7, 11) is 0. The minimum absolute atomic E-state index is 0.184. The molecule has 12 heteroatoms. The standard InChI is InChI=1S/C35H22F6N4S2/c1-33(2,27-15-17-44(42-27)25-13-5-9-21-19-7-3-11-23(34(36,37)38)29(19)46-31(21)25)28-16-18-45(43-28)26-14-6-10-22-20-8-4-12-24(35(39,40)41)30(20)47-32(22)26/h3-18H,1-2H3. The number of thiophene rings is 2. The predicted octanol–water partition coefficient (Wildman–Crippen LogP) is 11.2. The molecule has 236 valence electrons. The molecule has 8 rings (SSSR count). The zero-order valence-corrected chi connectivity index (χ0v) is 26.2. The van der Waals surface area contributed by atoms with Gasteiger partial charge >= 0.3 is 12.4 Å². The monoisotopic (exact) mass is 676 g/mol. The summed E-state index contributed by atoms with van der Waals surface area (Å²) in [5.74, 6) is 0. The third-order valence-corrected chi connectivity index (χ3v) is 11.1. The normalized spacial score (nSPS) is 13.1. The minimum atomic E-state index is -4.47. The Balaban J connectivity index is 1.18. The summed E-state index contributed by atoms with van der Waals surface area (Å²) in [5.41, 5.74) is 0.696. The SMILES string of the molecule is CC(C)(c1ccn(-c2cccc3c2sc2c(C(F)(F)F)cccc23)n1)c1ccn(-c2cccc3c2sc2c(C(F)(F)F)cccc23)n1. The van der Waals surface area contributed by atoms with Gasteiger partial charge in [0, 0.05) is 43.3 Å². The first-order valence-corrected chi connectivity index (χ1v) is 16.1. The summed E-state index contributed by atoms with van der Waals surface area (Å²) in [5, 5.41) is 12.3. The van der Waals surface area contributed by atoms with Gasteiger partial charge in [-0.2, -0.15) is 36.5 Å². The van der Waals surface area contributed by atoms with Crippen LogP contribution in [-0.2, 0) is 17.8 Å². The van der Waals surface area contributed by atoms with Gasteiger partial charge in [0.1, 0.15) is 0 Å². The van der Waals surface area contributed by atoms with Crippen molar-refractivity contribution in [1.82, 2.24) is 19.6 Å². The van der Waals surface area contributed by atoms with Gasteiger partial charge in [-0.1, -0.05) is 48.5 Å². The number of hydrogen-bond donors (Lipinski definition) is 0. The molecule has 4 nitrogen and oxygen atoms in total. The molecule has 0 radical (unpaired) electrons. The molecule has 4 aromatic carbocycles. The van der Waals surface area contributed by atoms with Gasteiger partial charge in [0.05, 0.1) is 48.7 Å². The first-order chi connectivity index (χ1) is 22.3. The minimum Gasteiger partial charge on any atom is -0.239 e. The lowest BCUT2D eigenvalue weighted by molar-refractivity contribution is -0.137. The van der Waals surface area contributed by atoms with E-state index in [0.29, 0.717) is 42.9 Å². The van der Waals surface area contributed by atoms with E-state index in [4.69, 9.17) is 10.2 Å². The Hall–Kier alpha value is -4.68. The van der Waals surface area contributed by atoms with Crippen molar-refractivity contribution in [3.63, 3.8) is 0 Å². The number of nitrogens with zero attached hydrogens (tertiary/aromatic N) is 4. The van der Waals surface area contributed by atoms with Crippen LogP contribution in [-0.4, -0.2) is 19.6 Å². The Morgan fingerprint density at radius 1 is 0.489 bits per heavy atom. The summed E-state index contributed by atoms with van der Waals surface area (Å²) >= 11 is 2.19. The zero-order valence-electron chi connectivity index (χ0n) is 24.6. The Morgan fingerprint density at radius 2 is 0.851 bits per heavy atom. The predicted molar refractivity (Wildman–Crippen MR) is 175 cm³/mol. The van der Waals surface area contributed by atoms with E-state index in [9.17, 15) is 26.3 Å². The number of benzene rings is 4. The first kappa shape index (κ1) is 29.7. The quantitative estimate of drug-likeness (QED) is 0.174. The van der Waals surface area contributed by atoms with Crippen LogP contribution < -0.4 is 0 Å². The highest BCUT2D eigenvalue weighted by Crippen LogP contribution is 2.45. The fraction of sp³-hybridized carbons (Fsp3) is 0.143. The molecule has 0 fully saturated rings. The Labute approximate surface area is 271 Å². The van der Waals surface area contributed by atoms with Gasteiger partial charge < -0.3 is 0 Å². The number of aromatic nitrogens is 4. The number of rotatable bonds is 4. The van der Waals surface area contributed by atoms with E-state index in [1.807, 2.05) is 62.4 Å². The molecule has 47 heavy (non-hydrogen) atoms. The van der Waals surface area contributed by atoms with Gasteiger partial charge in [0.25, 0.3) is 0 Å². The average molecular weight is 677 g/mol. The number of hydrogen-bond acceptors (Lipinski definition) is 4. The van der Waals surface area contributed by atoms with Gasteiger partial charge in [-0.25, -0.2) is 9.36 Å². The first-order valence-electron chi connectivity index (χ1n) is 14.5. The second-order valence-corrected chi connectivity index (χ2v) is 13.8. The van der Waals surface area contributed by atoms with Crippen molar-refractivity contribution in [1.29, 1.82) is 0 Å². The highest BCUT2D eigenvalue weighted by molar-refractivity contribution is 7.26. The van der Waals surface area contributed by atoms with E-state index < -0.39 is 28.9 Å². The molecule has 0 unspecified atom stereocenters. The molecule has 0 saturated heterocycles. The molecule has 0 spiro atoms. The average Bonchev–Trinajstić information content (AvgIpc) is 3.83. The molecule has 0 bridgehead atoms. The Morgan fingerprint density at radius 3 is 1.23 bits per heavy atom. The molecule has 0 amide bonds. The van der Waals surface area contributed by atoms with Crippen molar-refractivity contribution in [2.75, 3.05) is 0 Å². The van der Waals surface area contributed by atoms with Crippen LogP contribution in [0.15, 0.2) is 97.3 Å². The smallest absolute Gasteiger partial charge is 0.239 e. The highest BCUT2D eigenvalue weighted by Gasteiger charge is 2.35. The Kier molecular flexibility index (Phi) is 6.42. The number of fused-ring (bicyclic) bond motifs is 6. The van der Waals surface area contributed by atoms with E-state index in [-0.39, 0.29) is 9.40 Å². The van der Waals surface area contributed by atoms with Crippen molar-refractivity contribution >= 4 is 63.0 Å². The molecule has 0 aliphatic heterocycles. The van der Waals surface area contributed by atoms with Crippen LogP contribution in [0.4, 0.5) is 26.3 Å². The van der Waals surface area contributed by atoms with E-state index in [1.54, 1.807) is 33.9 Å². The van der Waals surface area contributed by atoms with Crippen molar-refractivity contribution < 1.29 is 26.3 Å². The van der Waals surface area contributed by atoms with E-state index in [0.717, 1.165) is 45.6 Å². The molecule has 0 atom stereocenters. The second-order valence-electron chi connectivity index (χ2n) is 11.8. The van der Waals surface area contributed by atoms with Crippen LogP contribution in [0, 0.1) is 0 Å². The van der Waals surface area contributed by atoms with Crippen molar-refractivity contribution in [3.8, 4) is 11.4 Å². The van der Waals surface area contributed by atoms with E-state index in [2.05, 4.69) is 0 Å². The van der Waals surface area contributed by atoms with Gasteiger partial charge in [-0.3, -0.25) is 0 Å². The zero-order chi connectivity index (χ0) is 32.9. The maximum atomic E-state index is 13.8. The summed E-state index contributed by atoms with van der Waals surface area (Å²) in [6.07, 6.45) is -5.37. The van der Waals surface area contributed by atoms with Crippen molar-refractivity contribution in [2.45, 2.75) is 31.6 Å². The van der Waals surface area contributed by atoms with Crippen molar-refractivity contribution in [2.24, 2.45) is 0 Å². The molecular formula is C35H22F6N4S2. The van der Waals surface area contributed by atoms with Gasteiger partial charge in [-0.05, 0) is 50.2 Å². The summed E-state index contributed by atoms with van der Waals surface area (Å²) < 4.78 is 87.9. The van der Waals surface area contributed by atoms with Crippen molar-refractivity contribution in [3.05, 3.63) is 120 Å². The largest absolute Gasteiger partial charge is 0.417 e. The number of alkyl halides is 6. The van der Waals surface area contributed by atoms with E-state index in [1.165, 1.54) is 12.1 Å². The maximum absolute atomic E-state index is 13.8. The third-order valence-electron chi connectivity index (χ3n) is 8.57. The fourth-order valence-corrected chi connectivity index (χ4v) is 8.81. The van der Waals surface area contributed by atoms with Crippen LogP contribution in [0.25, 0.3) is 51.7 Å². The van der Waals surface area contributed by atoms with Crippen LogP contribution in [0.2, 0.25) is 0 Å². The molecule has 4 aromatic heterocycles. The maximum Gasteiger partial charge on any atom is 0.417 e. The lowest BCUT2D eigenvalue weighted by Crippen LogP contribution is -2.21. The second kappa shape index (κ2) is 10.2. The van der Waals surface area contributed by atoms with Crippen LogP contribution in [0.5, 0.6) is 0 Å². The highest BCUT2D eigenvalue weighted by atomic mass is 32.1. The molecule has 0 aliphatic carbocycles. The van der Waals surface area contributed by atoms with Crippen LogP contribution >= 0.6 is 22.7 Å². The molecule has 0 N–H and O–H groups in total. The van der Waals surface area contributed by atoms with Crippen LogP contribution in [0.3, 0.4) is 0 Å². The lowest BCUT2D eigenvalue weighted by Gasteiger charge is -2.20. The lowest BCUT2D eigenvalue weighted by atomic mass is 9.86. The van der Waals surface area contributed by atoms with Crippen LogP contribution in [0.1, 0.15) is 36.4 Å². The summed E-state index contributed by atoms with van der Waals surface area (Å²) in [6, 6.07) is 23.1. The van der Waals surface area contributed by atoms with Gasteiger partial charge in [0.15, 0.2) is 0 Å². The molecule has 0 aliphatic rings. The van der Waals surface area contributed by atoms with E-state index >= 15 is 0 Å².